The zero-order valence-electron chi connectivity index (χ0n) is 14.0. The van der Waals surface area contributed by atoms with Crippen LogP contribution < -0.4 is 11.1 Å². The lowest BCUT2D eigenvalue weighted by Crippen LogP contribution is -2.23. The normalized spacial score (nSPS) is 12.6. The van der Waals surface area contributed by atoms with E-state index in [1.54, 1.807) is 4.68 Å². The molecule has 0 aliphatic heterocycles. The fourth-order valence-electron chi connectivity index (χ4n) is 2.22. The van der Waals surface area contributed by atoms with Crippen LogP contribution in [-0.2, 0) is 13.5 Å². The van der Waals surface area contributed by atoms with E-state index in [1.165, 1.54) is 5.56 Å². The summed E-state index contributed by atoms with van der Waals surface area (Å²) in [6, 6.07) is 8.37. The van der Waals surface area contributed by atoms with E-state index < -0.39 is 0 Å². The van der Waals surface area contributed by atoms with Gasteiger partial charge in [-0.25, -0.2) is 0 Å². The maximum Gasteiger partial charge on any atom is 0.193 e. The highest BCUT2D eigenvalue weighted by Crippen LogP contribution is 2.20. The fourth-order valence-corrected chi connectivity index (χ4v) is 2.22. The Bertz CT molecular complexity index is 618. The summed E-state index contributed by atoms with van der Waals surface area (Å²) in [5.41, 5.74) is 9.40. The summed E-state index contributed by atoms with van der Waals surface area (Å²) in [5.74, 6) is 1.03. The quantitative estimate of drug-likeness (QED) is 0.421. The van der Waals surface area contributed by atoms with Crippen LogP contribution in [0.3, 0.4) is 0 Å². The van der Waals surface area contributed by atoms with Gasteiger partial charge in [0.05, 0.1) is 6.20 Å². The van der Waals surface area contributed by atoms with Crippen molar-refractivity contribution in [2.75, 3.05) is 11.9 Å². The molecule has 0 bridgehead atoms. The van der Waals surface area contributed by atoms with Crippen LogP contribution in [0.1, 0.15) is 37.3 Å². The number of benzene rings is 1. The Hall–Kier alpha value is -1.57. The highest BCUT2D eigenvalue weighted by Gasteiger charge is 2.02. The molecule has 1 atom stereocenters. The number of guanidine groups is 1. The summed E-state index contributed by atoms with van der Waals surface area (Å²) in [6.45, 7) is 5.08. The third-order valence-corrected chi connectivity index (χ3v) is 3.81. The second-order valence-electron chi connectivity index (χ2n) is 5.60. The molecule has 0 fully saturated rings. The van der Waals surface area contributed by atoms with Crippen molar-refractivity contribution in [2.24, 2.45) is 17.8 Å². The molecule has 126 valence electrons. The fraction of sp³-hybridized carbons (Fsp3) is 0.412. The zero-order chi connectivity index (χ0) is 15.9. The van der Waals surface area contributed by atoms with Crippen molar-refractivity contribution in [3.8, 4) is 0 Å². The first kappa shape index (κ1) is 19.5. The van der Waals surface area contributed by atoms with Crippen molar-refractivity contribution in [3.05, 3.63) is 47.8 Å². The number of nitrogens with zero attached hydrogens (tertiary/aromatic N) is 3. The molecule has 0 amide bonds. The van der Waals surface area contributed by atoms with E-state index in [-0.39, 0.29) is 24.0 Å². The summed E-state index contributed by atoms with van der Waals surface area (Å²) < 4.78 is 1.79. The molecule has 0 aliphatic carbocycles. The summed E-state index contributed by atoms with van der Waals surface area (Å²) in [5, 5.41) is 7.26. The van der Waals surface area contributed by atoms with Gasteiger partial charge in [0.15, 0.2) is 5.96 Å². The summed E-state index contributed by atoms with van der Waals surface area (Å²) in [7, 11) is 1.91. The van der Waals surface area contributed by atoms with Crippen molar-refractivity contribution in [1.82, 2.24) is 9.78 Å². The van der Waals surface area contributed by atoms with Crippen molar-refractivity contribution >= 4 is 35.6 Å². The van der Waals surface area contributed by atoms with Gasteiger partial charge in [-0.1, -0.05) is 26.0 Å². The van der Waals surface area contributed by atoms with Gasteiger partial charge in [-0.05, 0) is 42.0 Å². The van der Waals surface area contributed by atoms with Gasteiger partial charge >= 0.3 is 0 Å². The van der Waals surface area contributed by atoms with E-state index >= 15 is 0 Å². The van der Waals surface area contributed by atoms with Crippen LogP contribution in [0.2, 0.25) is 0 Å². The molecule has 3 N–H and O–H groups in total. The minimum atomic E-state index is 0. The molecule has 23 heavy (non-hydrogen) atoms. The first-order valence-electron chi connectivity index (χ1n) is 7.73. The van der Waals surface area contributed by atoms with Crippen LogP contribution in [0.5, 0.6) is 0 Å². The molecule has 0 saturated heterocycles. The summed E-state index contributed by atoms with van der Waals surface area (Å²) in [4.78, 5) is 4.34. The number of nitrogens with two attached hydrogens (primary N) is 1. The summed E-state index contributed by atoms with van der Waals surface area (Å²) >= 11 is 0. The lowest BCUT2D eigenvalue weighted by molar-refractivity contribution is 0.734. The molecule has 5 nitrogen and oxygen atoms in total. The SMILES string of the molecule is CCC(C)c1ccc(NC(N)=NCCc2cnn(C)c2)cc1.I. The number of anilines is 1. The van der Waals surface area contributed by atoms with Crippen LogP contribution in [-0.4, -0.2) is 22.3 Å². The zero-order valence-corrected chi connectivity index (χ0v) is 16.3. The number of nitrogens with one attached hydrogen (secondary N) is 1. The van der Waals surface area contributed by atoms with Crippen molar-refractivity contribution < 1.29 is 0 Å². The van der Waals surface area contributed by atoms with Gasteiger partial charge in [0.1, 0.15) is 0 Å². The van der Waals surface area contributed by atoms with Crippen LogP contribution in [0, 0.1) is 0 Å². The van der Waals surface area contributed by atoms with Gasteiger partial charge < -0.3 is 11.1 Å². The Morgan fingerprint density at radius 3 is 2.61 bits per heavy atom. The molecule has 0 spiro atoms. The average Bonchev–Trinajstić information content (AvgIpc) is 2.92. The molecule has 0 radical (unpaired) electrons. The number of rotatable bonds is 6. The maximum atomic E-state index is 5.92. The second-order valence-corrected chi connectivity index (χ2v) is 5.60. The highest BCUT2D eigenvalue weighted by molar-refractivity contribution is 14.0. The number of aromatic nitrogens is 2. The van der Waals surface area contributed by atoms with Gasteiger partial charge in [-0.3, -0.25) is 9.67 Å². The Labute approximate surface area is 155 Å². The topological polar surface area (TPSA) is 68.2 Å². The highest BCUT2D eigenvalue weighted by atomic mass is 127. The standard InChI is InChI=1S/C17H25N5.HI/c1-4-13(2)15-5-7-16(8-6-15)21-17(18)19-10-9-14-11-20-22(3)12-14;/h5-8,11-13H,4,9-10H2,1-3H3,(H3,18,19,21);1H. The largest absolute Gasteiger partial charge is 0.370 e. The Balaban J connectivity index is 0.00000264. The van der Waals surface area contributed by atoms with Crippen molar-refractivity contribution in [1.29, 1.82) is 0 Å². The van der Waals surface area contributed by atoms with Crippen LogP contribution in [0.4, 0.5) is 5.69 Å². The minimum absolute atomic E-state index is 0. The molecule has 0 aliphatic rings. The third kappa shape index (κ3) is 6.21. The molecule has 6 heteroatoms. The van der Waals surface area contributed by atoms with Crippen molar-refractivity contribution in [3.63, 3.8) is 0 Å². The van der Waals surface area contributed by atoms with Crippen molar-refractivity contribution in [2.45, 2.75) is 32.6 Å². The van der Waals surface area contributed by atoms with Gasteiger partial charge in [0.2, 0.25) is 0 Å². The van der Waals surface area contributed by atoms with Crippen LogP contribution in [0.15, 0.2) is 41.7 Å². The van der Waals surface area contributed by atoms with E-state index in [0.29, 0.717) is 18.4 Å². The van der Waals surface area contributed by atoms with E-state index in [1.807, 2.05) is 31.6 Å². The van der Waals surface area contributed by atoms with Gasteiger partial charge in [0, 0.05) is 25.5 Å². The number of hydrogen-bond acceptors (Lipinski definition) is 2. The Morgan fingerprint density at radius 2 is 2.04 bits per heavy atom. The summed E-state index contributed by atoms with van der Waals surface area (Å²) in [6.07, 6.45) is 5.83. The lowest BCUT2D eigenvalue weighted by atomic mass is 9.99. The van der Waals surface area contributed by atoms with Gasteiger partial charge in [-0.2, -0.15) is 5.10 Å². The van der Waals surface area contributed by atoms with E-state index in [4.69, 9.17) is 5.73 Å². The van der Waals surface area contributed by atoms with E-state index in [2.05, 4.69) is 41.4 Å². The number of halogens is 1. The van der Waals surface area contributed by atoms with Crippen LogP contribution in [0.25, 0.3) is 0 Å². The average molecular weight is 427 g/mol. The smallest absolute Gasteiger partial charge is 0.193 e. The molecular formula is C17H26IN5. The Kier molecular flexibility index (Phi) is 8.08. The molecule has 1 aromatic heterocycles. The molecule has 1 unspecified atom stereocenters. The number of aryl methyl sites for hydroxylation is 1. The van der Waals surface area contributed by atoms with E-state index in [0.717, 1.165) is 24.1 Å². The third-order valence-electron chi connectivity index (χ3n) is 3.81. The molecule has 1 aromatic carbocycles. The van der Waals surface area contributed by atoms with Crippen LogP contribution >= 0.6 is 24.0 Å². The number of hydrogen-bond donors (Lipinski definition) is 2. The first-order chi connectivity index (χ1) is 10.6. The molecular weight excluding hydrogens is 401 g/mol. The second kappa shape index (κ2) is 9.54. The van der Waals surface area contributed by atoms with Gasteiger partial charge in [0.25, 0.3) is 0 Å². The number of aliphatic imine (C=N–C) groups is 1. The Morgan fingerprint density at radius 1 is 1.35 bits per heavy atom. The maximum absolute atomic E-state index is 5.92. The minimum Gasteiger partial charge on any atom is -0.370 e. The lowest BCUT2D eigenvalue weighted by Gasteiger charge is -2.10. The molecule has 0 saturated carbocycles. The molecule has 1 heterocycles. The predicted molar refractivity (Wildman–Crippen MR) is 108 cm³/mol. The molecule has 2 aromatic rings. The molecule has 2 rings (SSSR count). The van der Waals surface area contributed by atoms with Gasteiger partial charge in [-0.15, -0.1) is 24.0 Å². The monoisotopic (exact) mass is 427 g/mol. The van der Waals surface area contributed by atoms with E-state index in [9.17, 15) is 0 Å². The first-order valence-corrected chi connectivity index (χ1v) is 7.73. The predicted octanol–water partition coefficient (Wildman–Crippen LogP) is 3.52.